The predicted octanol–water partition coefficient (Wildman–Crippen LogP) is 4.73. The van der Waals surface area contributed by atoms with E-state index >= 15 is 0 Å². The van der Waals surface area contributed by atoms with Crippen LogP contribution < -0.4 is 10.1 Å². The lowest BCUT2D eigenvalue weighted by Gasteiger charge is -2.21. The number of amides is 1. The Hall–Kier alpha value is -2.59. The average Bonchev–Trinajstić information content (AvgIpc) is 3.14. The van der Waals surface area contributed by atoms with Crippen LogP contribution in [0.4, 0.5) is 0 Å². The molecule has 0 aliphatic rings. The van der Waals surface area contributed by atoms with Gasteiger partial charge in [0.1, 0.15) is 5.75 Å². The van der Waals surface area contributed by atoms with Crippen molar-refractivity contribution < 1.29 is 9.53 Å². The minimum absolute atomic E-state index is 0.135. The molecule has 0 aliphatic carbocycles. The van der Waals surface area contributed by atoms with Gasteiger partial charge in [0.15, 0.2) is 6.10 Å². The normalized spacial score (nSPS) is 13.0. The molecule has 2 atom stereocenters. The fourth-order valence-corrected chi connectivity index (χ4v) is 3.43. The van der Waals surface area contributed by atoms with Gasteiger partial charge in [-0.05, 0) is 48.6 Å². The Bertz CT molecular complexity index is 815. The molecule has 0 bridgehead atoms. The fraction of sp³-hybridized carbons (Fsp3) is 0.190. The summed E-state index contributed by atoms with van der Waals surface area (Å²) < 4.78 is 5.80. The number of ether oxygens (including phenoxy) is 1. The van der Waals surface area contributed by atoms with Crippen LogP contribution in [0.2, 0.25) is 0 Å². The van der Waals surface area contributed by atoms with Crippen LogP contribution in [0.25, 0.3) is 0 Å². The predicted molar refractivity (Wildman–Crippen MR) is 102 cm³/mol. The number of carbonyl (C=O) groups is 1. The van der Waals surface area contributed by atoms with Gasteiger partial charge in [-0.3, -0.25) is 4.79 Å². The zero-order valence-electron chi connectivity index (χ0n) is 14.3. The van der Waals surface area contributed by atoms with E-state index in [9.17, 15) is 4.79 Å². The lowest BCUT2D eigenvalue weighted by Crippen LogP contribution is -2.38. The molecule has 0 saturated heterocycles. The summed E-state index contributed by atoms with van der Waals surface area (Å²) in [4.78, 5) is 13.8. The molecule has 3 rings (SSSR count). The Balaban J connectivity index is 1.74. The van der Waals surface area contributed by atoms with E-state index in [1.807, 2.05) is 79.0 Å². The van der Waals surface area contributed by atoms with E-state index in [2.05, 4.69) is 5.32 Å². The second-order valence-electron chi connectivity index (χ2n) is 5.94. The molecule has 4 heteroatoms. The van der Waals surface area contributed by atoms with Crippen molar-refractivity contribution in [3.8, 4) is 5.75 Å². The van der Waals surface area contributed by atoms with Crippen LogP contribution in [0.1, 0.15) is 29.0 Å². The van der Waals surface area contributed by atoms with Gasteiger partial charge in [-0.2, -0.15) is 0 Å². The van der Waals surface area contributed by atoms with E-state index < -0.39 is 6.10 Å². The first kappa shape index (κ1) is 17.2. The summed E-state index contributed by atoms with van der Waals surface area (Å²) in [6, 6.07) is 21.6. The van der Waals surface area contributed by atoms with Gasteiger partial charge in [-0.1, -0.05) is 48.5 Å². The maximum atomic E-state index is 12.7. The summed E-state index contributed by atoms with van der Waals surface area (Å²) in [5.41, 5.74) is 2.16. The van der Waals surface area contributed by atoms with E-state index in [1.54, 1.807) is 18.3 Å². The number of rotatable bonds is 6. The highest BCUT2D eigenvalue weighted by Crippen LogP contribution is 2.26. The molecule has 3 aromatic rings. The minimum Gasteiger partial charge on any atom is -0.481 e. The third kappa shape index (κ3) is 4.48. The summed E-state index contributed by atoms with van der Waals surface area (Å²) in [7, 11) is 0. The Morgan fingerprint density at radius 2 is 1.84 bits per heavy atom. The molecule has 2 aromatic carbocycles. The van der Waals surface area contributed by atoms with Crippen molar-refractivity contribution in [1.29, 1.82) is 0 Å². The quantitative estimate of drug-likeness (QED) is 0.697. The zero-order chi connectivity index (χ0) is 17.6. The van der Waals surface area contributed by atoms with Crippen molar-refractivity contribution in [3.63, 3.8) is 0 Å². The molecule has 0 saturated carbocycles. The number of thiophene rings is 1. The maximum Gasteiger partial charge on any atom is 0.261 e. The van der Waals surface area contributed by atoms with Crippen LogP contribution in [0.15, 0.2) is 72.1 Å². The van der Waals surface area contributed by atoms with Gasteiger partial charge in [0.25, 0.3) is 5.91 Å². The standard InChI is InChI=1S/C21H21NO2S/c1-15-8-6-11-18(14-15)24-16(2)21(23)22-20(19-12-7-13-25-19)17-9-4-3-5-10-17/h3-14,16,20H,1-2H3,(H,22,23)/t16-,20+/m1/s1. The molecular weight excluding hydrogens is 330 g/mol. The number of hydrogen-bond donors (Lipinski definition) is 1. The monoisotopic (exact) mass is 351 g/mol. The van der Waals surface area contributed by atoms with E-state index in [0.29, 0.717) is 5.75 Å². The molecule has 1 heterocycles. The lowest BCUT2D eigenvalue weighted by atomic mass is 10.1. The molecule has 0 spiro atoms. The number of carbonyl (C=O) groups excluding carboxylic acids is 1. The second kappa shape index (κ2) is 7.99. The highest BCUT2D eigenvalue weighted by Gasteiger charge is 2.22. The first-order valence-corrected chi connectivity index (χ1v) is 9.13. The van der Waals surface area contributed by atoms with Gasteiger partial charge >= 0.3 is 0 Å². The molecule has 0 fully saturated rings. The Kier molecular flexibility index (Phi) is 5.51. The van der Waals surface area contributed by atoms with Crippen LogP contribution in [-0.2, 0) is 4.79 Å². The van der Waals surface area contributed by atoms with E-state index in [-0.39, 0.29) is 11.9 Å². The van der Waals surface area contributed by atoms with Gasteiger partial charge < -0.3 is 10.1 Å². The van der Waals surface area contributed by atoms with Crippen LogP contribution in [0.5, 0.6) is 5.75 Å². The van der Waals surface area contributed by atoms with Crippen molar-refractivity contribution in [2.24, 2.45) is 0 Å². The number of hydrogen-bond acceptors (Lipinski definition) is 3. The molecule has 1 aromatic heterocycles. The molecule has 0 aliphatic heterocycles. The van der Waals surface area contributed by atoms with Gasteiger partial charge in [0.05, 0.1) is 6.04 Å². The largest absolute Gasteiger partial charge is 0.481 e. The maximum absolute atomic E-state index is 12.7. The molecule has 3 nitrogen and oxygen atoms in total. The summed E-state index contributed by atoms with van der Waals surface area (Å²) in [6.45, 7) is 3.77. The zero-order valence-corrected chi connectivity index (χ0v) is 15.1. The van der Waals surface area contributed by atoms with Crippen LogP contribution in [-0.4, -0.2) is 12.0 Å². The summed E-state index contributed by atoms with van der Waals surface area (Å²) >= 11 is 1.63. The summed E-state index contributed by atoms with van der Waals surface area (Å²) in [5.74, 6) is 0.568. The van der Waals surface area contributed by atoms with Crippen molar-refractivity contribution >= 4 is 17.2 Å². The lowest BCUT2D eigenvalue weighted by molar-refractivity contribution is -0.127. The Morgan fingerprint density at radius 1 is 1.04 bits per heavy atom. The van der Waals surface area contributed by atoms with Crippen LogP contribution >= 0.6 is 11.3 Å². The fourth-order valence-electron chi connectivity index (χ4n) is 2.63. The minimum atomic E-state index is -0.576. The number of aryl methyl sites for hydroxylation is 1. The number of nitrogens with one attached hydrogen (secondary N) is 1. The topological polar surface area (TPSA) is 38.3 Å². The van der Waals surface area contributed by atoms with Crippen molar-refractivity contribution in [2.45, 2.75) is 26.0 Å². The summed E-state index contributed by atoms with van der Waals surface area (Å²) in [5, 5.41) is 5.13. The molecule has 0 unspecified atom stereocenters. The first-order chi connectivity index (χ1) is 12.1. The smallest absolute Gasteiger partial charge is 0.261 e. The Labute approximate surface area is 152 Å². The first-order valence-electron chi connectivity index (χ1n) is 8.25. The van der Waals surface area contributed by atoms with E-state index in [1.165, 1.54) is 0 Å². The van der Waals surface area contributed by atoms with E-state index in [0.717, 1.165) is 16.0 Å². The Morgan fingerprint density at radius 3 is 2.52 bits per heavy atom. The number of benzene rings is 2. The second-order valence-corrected chi connectivity index (χ2v) is 6.92. The highest BCUT2D eigenvalue weighted by atomic mass is 32.1. The van der Waals surface area contributed by atoms with Crippen LogP contribution in [0, 0.1) is 6.92 Å². The summed E-state index contributed by atoms with van der Waals surface area (Å²) in [6.07, 6.45) is -0.576. The van der Waals surface area contributed by atoms with E-state index in [4.69, 9.17) is 4.74 Å². The highest BCUT2D eigenvalue weighted by molar-refractivity contribution is 7.10. The third-order valence-corrected chi connectivity index (χ3v) is 4.86. The van der Waals surface area contributed by atoms with Crippen molar-refractivity contribution in [3.05, 3.63) is 88.1 Å². The van der Waals surface area contributed by atoms with Gasteiger partial charge in [0.2, 0.25) is 0 Å². The molecule has 1 N–H and O–H groups in total. The van der Waals surface area contributed by atoms with Crippen molar-refractivity contribution in [1.82, 2.24) is 5.32 Å². The van der Waals surface area contributed by atoms with Gasteiger partial charge in [0, 0.05) is 4.88 Å². The van der Waals surface area contributed by atoms with Crippen LogP contribution in [0.3, 0.4) is 0 Å². The molecular formula is C21H21NO2S. The van der Waals surface area contributed by atoms with Gasteiger partial charge in [-0.25, -0.2) is 0 Å². The van der Waals surface area contributed by atoms with Gasteiger partial charge in [-0.15, -0.1) is 11.3 Å². The molecule has 128 valence electrons. The average molecular weight is 351 g/mol. The van der Waals surface area contributed by atoms with Crippen molar-refractivity contribution in [2.75, 3.05) is 0 Å². The molecule has 25 heavy (non-hydrogen) atoms. The molecule has 1 amide bonds. The molecule has 0 radical (unpaired) electrons. The SMILES string of the molecule is Cc1cccc(O[C@H](C)C(=O)N[C@@H](c2ccccc2)c2cccs2)c1. The third-order valence-electron chi connectivity index (χ3n) is 3.92.